The molecule has 0 aliphatic carbocycles. The van der Waals surface area contributed by atoms with Gasteiger partial charge in [0.1, 0.15) is 0 Å². The fourth-order valence-corrected chi connectivity index (χ4v) is 2.09. The zero-order chi connectivity index (χ0) is 11.4. The van der Waals surface area contributed by atoms with Crippen molar-refractivity contribution in [2.24, 2.45) is 5.73 Å². The quantitative estimate of drug-likeness (QED) is 0.867. The average molecular weight is 323 g/mol. The lowest BCUT2D eigenvalue weighted by Crippen LogP contribution is -2.09. The number of nitriles is 1. The Bertz CT molecular complexity index is 401. The Morgan fingerprint density at radius 3 is 2.73 bits per heavy atom. The van der Waals surface area contributed by atoms with Crippen molar-refractivity contribution in [3.05, 3.63) is 26.6 Å². The highest BCUT2D eigenvalue weighted by atomic mass is 127. The van der Waals surface area contributed by atoms with Crippen LogP contribution in [0, 0.1) is 14.9 Å². The topological polar surface area (TPSA) is 62.7 Å². The number of alkyl halides is 2. The number of aromatic nitrogens is 1. The molecule has 0 saturated heterocycles. The van der Waals surface area contributed by atoms with Gasteiger partial charge in [-0.25, -0.2) is 8.78 Å². The molecule has 2 N–H and O–H groups in total. The van der Waals surface area contributed by atoms with Crippen LogP contribution in [0.1, 0.15) is 23.4 Å². The minimum Gasteiger partial charge on any atom is -0.325 e. The van der Waals surface area contributed by atoms with Gasteiger partial charge in [0.25, 0.3) is 6.43 Å². The molecule has 0 saturated carbocycles. The van der Waals surface area contributed by atoms with Crippen LogP contribution in [0.5, 0.6) is 0 Å². The summed E-state index contributed by atoms with van der Waals surface area (Å²) in [6.07, 6.45) is -2.48. The van der Waals surface area contributed by atoms with Crippen LogP contribution < -0.4 is 5.73 Å². The highest BCUT2D eigenvalue weighted by Gasteiger charge is 2.18. The van der Waals surface area contributed by atoms with Gasteiger partial charge in [-0.05, 0) is 28.7 Å². The van der Waals surface area contributed by atoms with Crippen LogP contribution in [0.3, 0.4) is 0 Å². The average Bonchev–Trinajstić information content (AvgIpc) is 2.16. The second kappa shape index (κ2) is 5.32. The molecule has 1 aromatic heterocycles. The Morgan fingerprint density at radius 2 is 2.27 bits per heavy atom. The number of hydrogen-bond acceptors (Lipinski definition) is 3. The normalized spacial score (nSPS) is 10.4. The van der Waals surface area contributed by atoms with E-state index in [2.05, 4.69) is 4.98 Å². The molecule has 0 radical (unpaired) electrons. The van der Waals surface area contributed by atoms with Crippen LogP contribution in [-0.4, -0.2) is 4.98 Å². The molecule has 0 bridgehead atoms. The van der Waals surface area contributed by atoms with E-state index in [-0.39, 0.29) is 24.2 Å². The molecular formula is C9H8F2IN3. The van der Waals surface area contributed by atoms with E-state index in [1.807, 2.05) is 6.07 Å². The summed E-state index contributed by atoms with van der Waals surface area (Å²) in [6.45, 7) is -0.0467. The number of nitrogens with two attached hydrogens (primary N) is 1. The van der Waals surface area contributed by atoms with Gasteiger partial charge in [0.05, 0.1) is 29.4 Å². The third-order valence-corrected chi connectivity index (χ3v) is 2.70. The highest BCUT2D eigenvalue weighted by Crippen LogP contribution is 2.27. The largest absolute Gasteiger partial charge is 0.325 e. The third kappa shape index (κ3) is 2.82. The zero-order valence-electron chi connectivity index (χ0n) is 7.67. The van der Waals surface area contributed by atoms with E-state index in [0.717, 1.165) is 0 Å². The van der Waals surface area contributed by atoms with E-state index < -0.39 is 6.43 Å². The molecule has 1 aromatic rings. The first kappa shape index (κ1) is 12.3. The second-order valence-corrected chi connectivity index (χ2v) is 3.96. The molecule has 0 fully saturated rings. The van der Waals surface area contributed by atoms with Crippen molar-refractivity contribution >= 4 is 22.6 Å². The highest BCUT2D eigenvalue weighted by molar-refractivity contribution is 14.1. The van der Waals surface area contributed by atoms with Crippen LogP contribution in [0.15, 0.2) is 6.07 Å². The van der Waals surface area contributed by atoms with E-state index in [0.29, 0.717) is 9.26 Å². The van der Waals surface area contributed by atoms with Gasteiger partial charge in [0.15, 0.2) is 0 Å². The summed E-state index contributed by atoms with van der Waals surface area (Å²) in [5.74, 6) is 0. The van der Waals surface area contributed by atoms with Gasteiger partial charge in [-0.2, -0.15) is 5.26 Å². The molecule has 80 valence electrons. The van der Waals surface area contributed by atoms with Crippen molar-refractivity contribution in [3.63, 3.8) is 0 Å². The number of rotatable bonds is 3. The van der Waals surface area contributed by atoms with Crippen molar-refractivity contribution in [1.29, 1.82) is 5.26 Å². The zero-order valence-corrected chi connectivity index (χ0v) is 9.83. The summed E-state index contributed by atoms with van der Waals surface area (Å²) in [6, 6.07) is 3.41. The molecule has 0 aliphatic rings. The predicted octanol–water partition coefficient (Wildman–Crippen LogP) is 2.15. The van der Waals surface area contributed by atoms with Gasteiger partial charge >= 0.3 is 0 Å². The molecule has 0 aromatic carbocycles. The van der Waals surface area contributed by atoms with Gasteiger partial charge in [0, 0.05) is 10.1 Å². The summed E-state index contributed by atoms with van der Waals surface area (Å²) >= 11 is 1.80. The minimum atomic E-state index is -2.58. The maximum absolute atomic E-state index is 12.6. The molecule has 0 amide bonds. The minimum absolute atomic E-state index is 0.0467. The molecule has 0 aliphatic heterocycles. The standard InChI is InChI=1S/C9H8F2IN3/c10-9(11)8-6(12)3-5(1-2-13)15-7(8)4-14/h3,9H,1,4,14H2. The second-order valence-electron chi connectivity index (χ2n) is 2.80. The first-order valence-electron chi connectivity index (χ1n) is 4.13. The summed E-state index contributed by atoms with van der Waals surface area (Å²) in [5, 5.41) is 8.48. The number of hydrogen-bond donors (Lipinski definition) is 1. The summed E-state index contributed by atoms with van der Waals surface area (Å²) < 4.78 is 25.7. The van der Waals surface area contributed by atoms with E-state index in [9.17, 15) is 8.78 Å². The molecular weight excluding hydrogens is 315 g/mol. The smallest absolute Gasteiger partial charge is 0.266 e. The van der Waals surface area contributed by atoms with Gasteiger partial charge < -0.3 is 5.73 Å². The van der Waals surface area contributed by atoms with Gasteiger partial charge in [0.2, 0.25) is 0 Å². The molecule has 1 heterocycles. The van der Waals surface area contributed by atoms with Crippen molar-refractivity contribution in [2.75, 3.05) is 0 Å². The molecule has 6 heteroatoms. The third-order valence-electron chi connectivity index (χ3n) is 1.81. The van der Waals surface area contributed by atoms with Crippen LogP contribution in [0.4, 0.5) is 8.78 Å². The molecule has 3 nitrogen and oxygen atoms in total. The number of nitrogens with zero attached hydrogens (tertiary/aromatic N) is 2. The van der Waals surface area contributed by atoms with E-state index in [1.165, 1.54) is 6.07 Å². The lowest BCUT2D eigenvalue weighted by atomic mass is 10.1. The van der Waals surface area contributed by atoms with Crippen LogP contribution in [0.2, 0.25) is 0 Å². The Labute approximate surface area is 99.4 Å². The van der Waals surface area contributed by atoms with Crippen molar-refractivity contribution in [2.45, 2.75) is 19.4 Å². The fraction of sp³-hybridized carbons (Fsp3) is 0.333. The Kier molecular flexibility index (Phi) is 4.35. The molecule has 0 unspecified atom stereocenters. The number of halogens is 3. The molecule has 15 heavy (non-hydrogen) atoms. The summed E-state index contributed by atoms with van der Waals surface area (Å²) in [5.41, 5.74) is 5.86. The fourth-order valence-electron chi connectivity index (χ4n) is 1.19. The summed E-state index contributed by atoms with van der Waals surface area (Å²) in [4.78, 5) is 3.93. The van der Waals surface area contributed by atoms with Crippen LogP contribution >= 0.6 is 22.6 Å². The van der Waals surface area contributed by atoms with Crippen LogP contribution in [0.25, 0.3) is 0 Å². The van der Waals surface area contributed by atoms with E-state index >= 15 is 0 Å². The van der Waals surface area contributed by atoms with Crippen molar-refractivity contribution in [3.8, 4) is 6.07 Å². The molecule has 0 atom stereocenters. The SMILES string of the molecule is N#CCc1cc(I)c(C(F)F)c(CN)n1. The Balaban J connectivity index is 3.25. The first-order chi connectivity index (χ1) is 7.10. The first-order valence-corrected chi connectivity index (χ1v) is 5.21. The molecule has 0 spiro atoms. The maximum Gasteiger partial charge on any atom is 0.266 e. The lowest BCUT2D eigenvalue weighted by molar-refractivity contribution is 0.148. The van der Waals surface area contributed by atoms with Crippen molar-refractivity contribution in [1.82, 2.24) is 4.98 Å². The number of pyridine rings is 1. The summed E-state index contributed by atoms with van der Waals surface area (Å²) in [7, 11) is 0. The van der Waals surface area contributed by atoms with E-state index in [4.69, 9.17) is 11.0 Å². The van der Waals surface area contributed by atoms with Gasteiger partial charge in [-0.3, -0.25) is 4.98 Å². The Hall–Kier alpha value is -0.810. The van der Waals surface area contributed by atoms with Crippen molar-refractivity contribution < 1.29 is 8.78 Å². The predicted molar refractivity (Wildman–Crippen MR) is 59.1 cm³/mol. The van der Waals surface area contributed by atoms with Gasteiger partial charge in [-0.1, -0.05) is 0 Å². The monoisotopic (exact) mass is 323 g/mol. The van der Waals surface area contributed by atoms with E-state index in [1.54, 1.807) is 22.6 Å². The maximum atomic E-state index is 12.6. The lowest BCUT2D eigenvalue weighted by Gasteiger charge is -2.10. The van der Waals surface area contributed by atoms with Crippen LogP contribution in [-0.2, 0) is 13.0 Å². The van der Waals surface area contributed by atoms with Gasteiger partial charge in [-0.15, -0.1) is 0 Å². The molecule has 1 rings (SSSR count). The Morgan fingerprint density at radius 1 is 1.60 bits per heavy atom.